The number of thioether (sulfide) groups is 1. The molecule has 11 heteroatoms. The molecule has 2 aromatic carbocycles. The largest absolute Gasteiger partial charge is 0.508 e. The third kappa shape index (κ3) is 4.50. The highest BCUT2D eigenvalue weighted by molar-refractivity contribution is 7.98. The van der Waals surface area contributed by atoms with Crippen molar-refractivity contribution in [3.05, 3.63) is 97.0 Å². The van der Waals surface area contributed by atoms with Crippen LogP contribution in [0.15, 0.2) is 69.8 Å². The van der Waals surface area contributed by atoms with Gasteiger partial charge in [-0.3, -0.25) is 14.9 Å². The number of carbonyl (C=O) groups excluding carboxylic acids is 1. The van der Waals surface area contributed by atoms with Gasteiger partial charge in [-0.25, -0.2) is 9.78 Å². The normalized spacial score (nSPS) is 14.8. The van der Waals surface area contributed by atoms with Gasteiger partial charge in [-0.15, -0.1) is 0 Å². The van der Waals surface area contributed by atoms with E-state index in [1.165, 1.54) is 43.1 Å². The maximum atomic E-state index is 13.2. The fraction of sp³-hybridized carbons (Fsp3) is 0.174. The second kappa shape index (κ2) is 9.40. The number of esters is 1. The number of allylic oxidation sites excluding steroid dienone is 1. The SMILES string of the molecule is COC(=O)C1=C(C)Nc2nc(SCc3ccc([N+](=O)[O-])cc3)[nH]c(=O)c2C1c1ccc(O)cc1. The molecule has 0 saturated carbocycles. The molecule has 1 aliphatic heterocycles. The fourth-order valence-corrected chi connectivity index (χ4v) is 4.56. The molecule has 34 heavy (non-hydrogen) atoms. The number of carbonyl (C=O) groups is 1. The number of H-pyrrole nitrogens is 1. The predicted molar refractivity (Wildman–Crippen MR) is 126 cm³/mol. The molecule has 0 radical (unpaired) electrons. The number of aromatic nitrogens is 2. The van der Waals surface area contributed by atoms with Crippen LogP contribution in [0.1, 0.15) is 29.5 Å². The summed E-state index contributed by atoms with van der Waals surface area (Å²) in [6, 6.07) is 12.4. The second-order valence-electron chi connectivity index (χ2n) is 7.53. The summed E-state index contributed by atoms with van der Waals surface area (Å²) in [7, 11) is 1.27. The van der Waals surface area contributed by atoms with Gasteiger partial charge in [0.05, 0.1) is 29.1 Å². The molecule has 0 amide bonds. The highest BCUT2D eigenvalue weighted by Crippen LogP contribution is 2.40. The number of hydrogen-bond acceptors (Lipinski definition) is 9. The van der Waals surface area contributed by atoms with Crippen LogP contribution in [0.4, 0.5) is 11.5 Å². The highest BCUT2D eigenvalue weighted by atomic mass is 32.2. The van der Waals surface area contributed by atoms with Crippen molar-refractivity contribution in [3.63, 3.8) is 0 Å². The Morgan fingerprint density at radius 1 is 1.21 bits per heavy atom. The zero-order chi connectivity index (χ0) is 24.4. The van der Waals surface area contributed by atoms with Gasteiger partial charge in [0.2, 0.25) is 0 Å². The van der Waals surface area contributed by atoms with Crippen molar-refractivity contribution in [2.45, 2.75) is 23.8 Å². The van der Waals surface area contributed by atoms with Gasteiger partial charge in [0.1, 0.15) is 11.6 Å². The van der Waals surface area contributed by atoms with E-state index in [4.69, 9.17) is 4.74 Å². The number of phenolic OH excluding ortho intramolecular Hbond substituents is 1. The molecule has 1 aliphatic rings. The number of nitrogens with zero attached hydrogens (tertiary/aromatic N) is 2. The van der Waals surface area contributed by atoms with Crippen LogP contribution in [0.25, 0.3) is 0 Å². The zero-order valence-electron chi connectivity index (χ0n) is 18.2. The molecule has 2 heterocycles. The number of aromatic amines is 1. The third-order valence-corrected chi connectivity index (χ3v) is 6.32. The Morgan fingerprint density at radius 3 is 2.50 bits per heavy atom. The first kappa shape index (κ1) is 23.1. The molecule has 3 aromatic rings. The molecule has 0 bridgehead atoms. The van der Waals surface area contributed by atoms with Crippen molar-refractivity contribution >= 4 is 29.2 Å². The number of benzene rings is 2. The third-order valence-electron chi connectivity index (χ3n) is 5.38. The minimum atomic E-state index is -0.741. The number of anilines is 1. The average molecular weight is 481 g/mol. The van der Waals surface area contributed by atoms with E-state index in [1.54, 1.807) is 31.2 Å². The van der Waals surface area contributed by atoms with E-state index in [-0.39, 0.29) is 22.6 Å². The summed E-state index contributed by atoms with van der Waals surface area (Å²) in [6.07, 6.45) is 0. The molecule has 0 spiro atoms. The van der Waals surface area contributed by atoms with Gasteiger partial charge in [-0.2, -0.15) is 0 Å². The lowest BCUT2D eigenvalue weighted by atomic mass is 9.82. The number of phenols is 1. The zero-order valence-corrected chi connectivity index (χ0v) is 19.0. The molecule has 1 atom stereocenters. The predicted octanol–water partition coefficient (Wildman–Crippen LogP) is 3.68. The first-order valence-electron chi connectivity index (χ1n) is 10.1. The Morgan fingerprint density at radius 2 is 1.88 bits per heavy atom. The molecule has 0 aliphatic carbocycles. The maximum absolute atomic E-state index is 13.2. The lowest BCUT2D eigenvalue weighted by Crippen LogP contribution is -2.30. The van der Waals surface area contributed by atoms with Crippen molar-refractivity contribution in [2.24, 2.45) is 0 Å². The van der Waals surface area contributed by atoms with E-state index in [0.29, 0.717) is 28.0 Å². The number of rotatable bonds is 6. The Bertz CT molecular complexity index is 1350. The molecule has 1 aromatic heterocycles. The molecular formula is C23H20N4O6S. The monoisotopic (exact) mass is 480 g/mol. The Labute approximate surface area is 197 Å². The molecule has 3 N–H and O–H groups in total. The van der Waals surface area contributed by atoms with Crippen LogP contribution in [0.3, 0.4) is 0 Å². The van der Waals surface area contributed by atoms with Gasteiger partial charge < -0.3 is 20.1 Å². The number of hydrogen-bond donors (Lipinski definition) is 3. The highest BCUT2D eigenvalue weighted by Gasteiger charge is 2.36. The number of aromatic hydroxyl groups is 1. The van der Waals surface area contributed by atoms with E-state index >= 15 is 0 Å². The lowest BCUT2D eigenvalue weighted by molar-refractivity contribution is -0.384. The quantitative estimate of drug-likeness (QED) is 0.158. The second-order valence-corrected chi connectivity index (χ2v) is 8.49. The van der Waals surface area contributed by atoms with Crippen molar-refractivity contribution in [1.29, 1.82) is 0 Å². The first-order valence-corrected chi connectivity index (χ1v) is 11.1. The molecule has 0 saturated heterocycles. The van der Waals surface area contributed by atoms with Gasteiger partial charge in [0.25, 0.3) is 11.2 Å². The van der Waals surface area contributed by atoms with Crippen LogP contribution in [-0.2, 0) is 15.3 Å². The number of methoxy groups -OCH3 is 1. The Kier molecular flexibility index (Phi) is 6.37. The Hall–Kier alpha value is -4.12. The summed E-state index contributed by atoms with van der Waals surface area (Å²) >= 11 is 1.27. The summed E-state index contributed by atoms with van der Waals surface area (Å²) in [5.74, 6) is -0.510. The van der Waals surface area contributed by atoms with Crippen molar-refractivity contribution < 1.29 is 19.6 Å². The smallest absolute Gasteiger partial charge is 0.336 e. The number of ether oxygens (including phenoxy) is 1. The number of fused-ring (bicyclic) bond motifs is 1. The summed E-state index contributed by atoms with van der Waals surface area (Å²) in [5.41, 5.74) is 2.07. The van der Waals surface area contributed by atoms with Crippen LogP contribution < -0.4 is 10.9 Å². The van der Waals surface area contributed by atoms with Crippen molar-refractivity contribution in [3.8, 4) is 5.75 Å². The molecule has 1 unspecified atom stereocenters. The number of nitro benzene ring substituents is 1. The minimum Gasteiger partial charge on any atom is -0.508 e. The van der Waals surface area contributed by atoms with Gasteiger partial charge >= 0.3 is 5.97 Å². The van der Waals surface area contributed by atoms with Gasteiger partial charge in [0, 0.05) is 23.6 Å². The molecule has 4 rings (SSSR count). The average Bonchev–Trinajstić information content (AvgIpc) is 2.82. The molecule has 10 nitrogen and oxygen atoms in total. The topological polar surface area (TPSA) is 147 Å². The number of non-ortho nitro benzene ring substituents is 1. The maximum Gasteiger partial charge on any atom is 0.336 e. The van der Waals surface area contributed by atoms with Crippen LogP contribution >= 0.6 is 11.8 Å². The van der Waals surface area contributed by atoms with Crippen molar-refractivity contribution in [2.75, 3.05) is 12.4 Å². The molecular weight excluding hydrogens is 460 g/mol. The summed E-state index contributed by atoms with van der Waals surface area (Å²) in [5, 5.41) is 23.9. The molecule has 0 fully saturated rings. The van der Waals surface area contributed by atoms with E-state index < -0.39 is 22.4 Å². The van der Waals surface area contributed by atoms with Crippen LogP contribution in [0, 0.1) is 10.1 Å². The van der Waals surface area contributed by atoms with Gasteiger partial charge in [0.15, 0.2) is 5.16 Å². The summed E-state index contributed by atoms with van der Waals surface area (Å²) in [4.78, 5) is 43.4. The van der Waals surface area contributed by atoms with E-state index in [9.17, 15) is 24.8 Å². The number of nitrogens with one attached hydrogen (secondary N) is 2. The van der Waals surface area contributed by atoms with Crippen LogP contribution in [0.2, 0.25) is 0 Å². The first-order chi connectivity index (χ1) is 16.3. The lowest BCUT2D eigenvalue weighted by Gasteiger charge is -2.28. The van der Waals surface area contributed by atoms with Crippen molar-refractivity contribution in [1.82, 2.24) is 9.97 Å². The minimum absolute atomic E-state index is 0.00204. The summed E-state index contributed by atoms with van der Waals surface area (Å²) < 4.78 is 4.96. The van der Waals surface area contributed by atoms with Crippen LogP contribution in [0.5, 0.6) is 5.75 Å². The number of nitro groups is 1. The Balaban J connectivity index is 1.69. The standard InChI is InChI=1S/C23H20N4O6S/c1-12-17(22(30)33-2)18(14-5-9-16(28)10-6-14)19-20(24-12)25-23(26-21(19)29)34-11-13-3-7-15(8-4-13)27(31)32/h3-10,18,28H,11H2,1-2H3,(H2,24,25,26,29). The fourth-order valence-electron chi connectivity index (χ4n) is 3.75. The van der Waals surface area contributed by atoms with E-state index in [2.05, 4.69) is 15.3 Å². The molecule has 174 valence electrons. The van der Waals surface area contributed by atoms with E-state index in [1.807, 2.05) is 0 Å². The van der Waals surface area contributed by atoms with E-state index in [0.717, 1.165) is 5.56 Å². The van der Waals surface area contributed by atoms with Gasteiger partial charge in [-0.05, 0) is 30.2 Å². The summed E-state index contributed by atoms with van der Waals surface area (Å²) in [6.45, 7) is 1.70. The van der Waals surface area contributed by atoms with Crippen LogP contribution in [-0.4, -0.2) is 33.1 Å². The van der Waals surface area contributed by atoms with Gasteiger partial charge in [-0.1, -0.05) is 36.0 Å².